The maximum atomic E-state index is 3.63. The van der Waals surface area contributed by atoms with Gasteiger partial charge in [0.1, 0.15) is 24.7 Å². The molecular formula is C18H42N6Si3. The fourth-order valence-electron chi connectivity index (χ4n) is 1.86. The van der Waals surface area contributed by atoms with Gasteiger partial charge in [0, 0.05) is 0 Å². The molecule has 0 bridgehead atoms. The highest BCUT2D eigenvalue weighted by atomic mass is 28.3. The molecule has 0 aromatic heterocycles. The van der Waals surface area contributed by atoms with Crippen LogP contribution in [-0.4, -0.2) is 59.9 Å². The maximum absolute atomic E-state index is 3.63. The summed E-state index contributed by atoms with van der Waals surface area (Å²) in [6, 6.07) is 6.52. The molecule has 0 heterocycles. The Labute approximate surface area is 170 Å². The second-order valence-electron chi connectivity index (χ2n) is 10.3. The highest BCUT2D eigenvalue weighted by molar-refractivity contribution is 6.74. The molecule has 0 atom stereocenters. The number of anilines is 3. The molecule has 0 saturated carbocycles. The van der Waals surface area contributed by atoms with Crippen LogP contribution in [0.25, 0.3) is 0 Å². The van der Waals surface area contributed by atoms with Crippen LogP contribution in [0.2, 0.25) is 58.9 Å². The first-order valence-corrected chi connectivity index (χ1v) is 20.0. The van der Waals surface area contributed by atoms with Crippen LogP contribution in [0.1, 0.15) is 0 Å². The van der Waals surface area contributed by atoms with E-state index in [0.29, 0.717) is 0 Å². The Morgan fingerprint density at radius 2 is 0.926 bits per heavy atom. The molecule has 1 aromatic carbocycles. The number of hydrazine groups is 3. The van der Waals surface area contributed by atoms with E-state index in [1.54, 1.807) is 0 Å². The van der Waals surface area contributed by atoms with Crippen molar-refractivity contribution in [2.75, 3.05) is 37.4 Å². The van der Waals surface area contributed by atoms with E-state index in [0.717, 1.165) is 17.1 Å². The summed E-state index contributed by atoms with van der Waals surface area (Å²) < 4.78 is 6.84. The number of rotatable bonds is 9. The zero-order chi connectivity index (χ0) is 21.2. The van der Waals surface area contributed by atoms with E-state index in [1.165, 1.54) is 0 Å². The minimum absolute atomic E-state index is 1.10. The van der Waals surface area contributed by atoms with Crippen LogP contribution in [0.3, 0.4) is 0 Å². The van der Waals surface area contributed by atoms with E-state index in [2.05, 4.69) is 129 Å². The lowest BCUT2D eigenvalue weighted by Crippen LogP contribution is -2.48. The van der Waals surface area contributed by atoms with Crippen LogP contribution in [0, 0.1) is 0 Å². The summed E-state index contributed by atoms with van der Waals surface area (Å²) in [5.74, 6) is 0. The molecule has 0 aliphatic carbocycles. The van der Waals surface area contributed by atoms with Crippen molar-refractivity contribution < 1.29 is 0 Å². The molecule has 3 N–H and O–H groups in total. The summed E-state index contributed by atoms with van der Waals surface area (Å²) in [4.78, 5) is 0. The summed E-state index contributed by atoms with van der Waals surface area (Å²) in [5, 5.41) is 0. The minimum Gasteiger partial charge on any atom is -0.326 e. The lowest BCUT2D eigenvalue weighted by atomic mass is 10.2. The summed E-state index contributed by atoms with van der Waals surface area (Å²) in [7, 11) is 2.12. The number of nitrogens with zero attached hydrogens (tertiary/aromatic N) is 3. The van der Waals surface area contributed by atoms with Gasteiger partial charge in [-0.2, -0.15) is 0 Å². The topological polar surface area (TPSA) is 45.8 Å². The average Bonchev–Trinajstić information content (AvgIpc) is 2.46. The Morgan fingerprint density at radius 1 is 0.556 bits per heavy atom. The normalized spacial score (nSPS) is 13.4. The van der Waals surface area contributed by atoms with Crippen molar-refractivity contribution in [3.05, 3.63) is 18.2 Å². The monoisotopic (exact) mass is 426 g/mol. The minimum atomic E-state index is -1.46. The molecular weight excluding hydrogens is 384 g/mol. The molecule has 0 radical (unpaired) electrons. The lowest BCUT2D eigenvalue weighted by molar-refractivity contribution is 0.599. The van der Waals surface area contributed by atoms with Gasteiger partial charge in [-0.1, -0.05) is 58.9 Å². The zero-order valence-corrected chi connectivity index (χ0v) is 22.6. The number of nitrogens with one attached hydrogen (secondary N) is 3. The van der Waals surface area contributed by atoms with E-state index >= 15 is 0 Å². The van der Waals surface area contributed by atoms with Crippen molar-refractivity contribution in [1.82, 2.24) is 14.0 Å². The van der Waals surface area contributed by atoms with Crippen molar-refractivity contribution in [2.24, 2.45) is 0 Å². The maximum Gasteiger partial charge on any atom is 0.142 e. The largest absolute Gasteiger partial charge is 0.326 e. The second-order valence-corrected chi connectivity index (χ2v) is 25.3. The molecule has 9 heteroatoms. The molecule has 27 heavy (non-hydrogen) atoms. The predicted molar refractivity (Wildman–Crippen MR) is 131 cm³/mol. The fourth-order valence-corrected chi connectivity index (χ4v) is 3.24. The van der Waals surface area contributed by atoms with Gasteiger partial charge in [0.05, 0.1) is 17.1 Å². The lowest BCUT2D eigenvalue weighted by Gasteiger charge is -2.36. The van der Waals surface area contributed by atoms with Gasteiger partial charge in [0.25, 0.3) is 0 Å². The average molecular weight is 427 g/mol. The first-order valence-electron chi connectivity index (χ1n) is 9.67. The van der Waals surface area contributed by atoms with Gasteiger partial charge in [0.2, 0.25) is 0 Å². The molecule has 0 aliphatic rings. The van der Waals surface area contributed by atoms with Crippen molar-refractivity contribution in [3.63, 3.8) is 0 Å². The first kappa shape index (κ1) is 24.2. The third-order valence-electron chi connectivity index (χ3n) is 4.91. The third-order valence-corrected chi connectivity index (χ3v) is 11.3. The summed E-state index contributed by atoms with van der Waals surface area (Å²) in [5.41, 5.74) is 14.1. The predicted octanol–water partition coefficient (Wildman–Crippen LogP) is 4.97. The summed E-state index contributed by atoms with van der Waals surface area (Å²) in [6.07, 6.45) is 0. The van der Waals surface area contributed by atoms with Crippen LogP contribution in [0.5, 0.6) is 0 Å². The van der Waals surface area contributed by atoms with E-state index in [1.807, 2.05) is 0 Å². The Hall–Kier alpha value is -0.849. The van der Waals surface area contributed by atoms with Crippen LogP contribution in [-0.2, 0) is 0 Å². The number of hydrogen-bond acceptors (Lipinski definition) is 6. The van der Waals surface area contributed by atoms with E-state index in [9.17, 15) is 0 Å². The SMILES string of the molecule is CN(Nc1ccc(NN(C)[Si](C)(C)C)c(NN(C)[Si](C)(C)C)c1)[Si](C)(C)C. The Bertz CT molecular complexity index is 619. The van der Waals surface area contributed by atoms with Crippen molar-refractivity contribution >= 4 is 41.8 Å². The van der Waals surface area contributed by atoms with Crippen LogP contribution in [0.15, 0.2) is 18.2 Å². The highest BCUT2D eigenvalue weighted by Gasteiger charge is 2.24. The zero-order valence-electron chi connectivity index (χ0n) is 19.6. The van der Waals surface area contributed by atoms with Crippen LogP contribution < -0.4 is 16.3 Å². The molecule has 0 fully saturated rings. The van der Waals surface area contributed by atoms with Gasteiger partial charge >= 0.3 is 0 Å². The molecule has 6 nitrogen and oxygen atoms in total. The van der Waals surface area contributed by atoms with Crippen molar-refractivity contribution in [3.8, 4) is 0 Å². The fraction of sp³-hybridized carbons (Fsp3) is 0.667. The van der Waals surface area contributed by atoms with Gasteiger partial charge in [0.15, 0.2) is 0 Å². The number of benzene rings is 1. The Balaban J connectivity index is 3.18. The number of hydrogen-bond donors (Lipinski definition) is 3. The standard InChI is InChI=1S/C18H42N6Si3/c1-22(25(4,5)6)19-16-13-14-17(20-23(2)26(7,8)9)18(15-16)21-24(3)27(10,11)12/h13-15,19-21H,1-12H3. The van der Waals surface area contributed by atoms with E-state index in [4.69, 9.17) is 0 Å². The van der Waals surface area contributed by atoms with Gasteiger partial charge in [-0.15, -0.1) is 0 Å². The molecule has 0 amide bonds. The molecule has 156 valence electrons. The molecule has 0 spiro atoms. The van der Waals surface area contributed by atoms with Crippen LogP contribution >= 0.6 is 0 Å². The van der Waals surface area contributed by atoms with Gasteiger partial charge in [-0.25, -0.2) is 0 Å². The Morgan fingerprint density at radius 3 is 1.33 bits per heavy atom. The van der Waals surface area contributed by atoms with Crippen molar-refractivity contribution in [1.29, 1.82) is 0 Å². The second kappa shape index (κ2) is 8.66. The first-order chi connectivity index (χ1) is 12.0. The molecule has 1 aromatic rings. The highest BCUT2D eigenvalue weighted by Crippen LogP contribution is 2.29. The van der Waals surface area contributed by atoms with E-state index < -0.39 is 24.7 Å². The van der Waals surface area contributed by atoms with Crippen molar-refractivity contribution in [2.45, 2.75) is 58.9 Å². The smallest absolute Gasteiger partial charge is 0.142 e. The van der Waals surface area contributed by atoms with Gasteiger partial charge in [-0.3, -0.25) is 14.0 Å². The van der Waals surface area contributed by atoms with E-state index in [-0.39, 0.29) is 0 Å². The molecule has 0 saturated heterocycles. The Kier molecular flexibility index (Phi) is 7.76. The quantitative estimate of drug-likeness (QED) is 0.383. The molecule has 1 rings (SSSR count). The third kappa shape index (κ3) is 7.59. The van der Waals surface area contributed by atoms with Gasteiger partial charge in [-0.05, 0) is 39.3 Å². The summed E-state index contributed by atoms with van der Waals surface area (Å²) >= 11 is 0. The van der Waals surface area contributed by atoms with Crippen LogP contribution in [0.4, 0.5) is 17.1 Å². The molecule has 0 aliphatic heterocycles. The summed E-state index contributed by atoms with van der Waals surface area (Å²) in [6.45, 7) is 21.0. The van der Waals surface area contributed by atoms with Gasteiger partial charge < -0.3 is 16.3 Å². The molecule has 0 unspecified atom stereocenters.